The minimum absolute atomic E-state index is 0.0157. The molecule has 11 nitrogen and oxygen atoms in total. The fraction of sp³-hybridized carbons (Fsp3) is 0.160. The number of aliphatic carboxylic acids is 1. The van der Waals surface area contributed by atoms with Crippen molar-refractivity contribution in [2.45, 2.75) is 26.1 Å². The Balaban J connectivity index is 1.83. The predicted molar refractivity (Wildman–Crippen MR) is 123 cm³/mol. The number of ether oxygens (including phenoxy) is 2. The molecule has 2 aromatic carbocycles. The van der Waals surface area contributed by atoms with Crippen molar-refractivity contribution < 1.29 is 43.0 Å². The van der Waals surface area contributed by atoms with Crippen molar-refractivity contribution in [1.82, 2.24) is 10.9 Å². The number of aryl methyl sites for hydroxylation is 2. The molecule has 2 atom stereocenters. The van der Waals surface area contributed by atoms with Crippen LogP contribution in [0.5, 0.6) is 0 Å². The lowest BCUT2D eigenvalue weighted by Crippen LogP contribution is -2.54. The largest absolute Gasteiger partial charge is 0.478 e. The van der Waals surface area contributed by atoms with Crippen LogP contribution in [0.15, 0.2) is 71.3 Å². The summed E-state index contributed by atoms with van der Waals surface area (Å²) in [5.74, 6) is -6.15. The highest BCUT2D eigenvalue weighted by Gasteiger charge is 2.41. The molecule has 1 heterocycles. The Labute approximate surface area is 205 Å². The van der Waals surface area contributed by atoms with E-state index in [0.29, 0.717) is 0 Å². The molecular formula is C25H22N2O9. The molecule has 0 aliphatic heterocycles. The zero-order valence-corrected chi connectivity index (χ0v) is 19.2. The molecular weight excluding hydrogens is 472 g/mol. The number of esters is 2. The Morgan fingerprint density at radius 2 is 1.25 bits per heavy atom. The first-order valence-electron chi connectivity index (χ1n) is 10.6. The first-order valence-corrected chi connectivity index (χ1v) is 10.6. The maximum atomic E-state index is 12.9. The van der Waals surface area contributed by atoms with Gasteiger partial charge in [0.05, 0.1) is 17.4 Å². The van der Waals surface area contributed by atoms with Crippen molar-refractivity contribution in [3.05, 3.63) is 94.9 Å². The number of nitrogens with one attached hydrogen (secondary N) is 2. The van der Waals surface area contributed by atoms with E-state index < -0.39 is 41.9 Å². The maximum Gasteiger partial charge on any atom is 0.349 e. The molecule has 0 fully saturated rings. The molecule has 0 aliphatic rings. The van der Waals surface area contributed by atoms with E-state index in [2.05, 4.69) is 0 Å². The fourth-order valence-electron chi connectivity index (χ4n) is 2.90. The SMILES string of the molecule is Cc1ccc(C(=O)O[C@H](C(=O)O)[C@@H](OC(=O)c2ccc(C)cc2)C(=O)NNC(=O)c2ccco2)cc1. The second-order valence-electron chi connectivity index (χ2n) is 7.64. The molecule has 36 heavy (non-hydrogen) atoms. The minimum atomic E-state index is -2.24. The van der Waals surface area contributed by atoms with Crippen molar-refractivity contribution in [3.63, 3.8) is 0 Å². The van der Waals surface area contributed by atoms with Crippen LogP contribution in [0.1, 0.15) is 42.4 Å². The van der Waals surface area contributed by atoms with Gasteiger partial charge in [-0.2, -0.15) is 0 Å². The van der Waals surface area contributed by atoms with Crippen LogP contribution in [0.3, 0.4) is 0 Å². The lowest BCUT2D eigenvalue weighted by Gasteiger charge is -2.23. The summed E-state index contributed by atoms with van der Waals surface area (Å²) in [4.78, 5) is 62.2. The Hall–Kier alpha value is -4.93. The van der Waals surface area contributed by atoms with E-state index in [9.17, 15) is 29.1 Å². The van der Waals surface area contributed by atoms with Gasteiger partial charge in [0.15, 0.2) is 5.76 Å². The third-order valence-corrected chi connectivity index (χ3v) is 4.86. The molecule has 0 radical (unpaired) electrons. The second-order valence-corrected chi connectivity index (χ2v) is 7.64. The van der Waals surface area contributed by atoms with Gasteiger partial charge in [-0.05, 0) is 50.2 Å². The van der Waals surface area contributed by atoms with E-state index in [4.69, 9.17) is 13.9 Å². The summed E-state index contributed by atoms with van der Waals surface area (Å²) >= 11 is 0. The van der Waals surface area contributed by atoms with E-state index in [1.165, 1.54) is 42.7 Å². The number of benzene rings is 2. The Morgan fingerprint density at radius 3 is 1.69 bits per heavy atom. The molecule has 3 N–H and O–H groups in total. The Bertz CT molecular complexity index is 1250. The number of furan rings is 1. The minimum Gasteiger partial charge on any atom is -0.478 e. The van der Waals surface area contributed by atoms with E-state index in [1.54, 1.807) is 38.1 Å². The van der Waals surface area contributed by atoms with Crippen LogP contribution in [0.25, 0.3) is 0 Å². The van der Waals surface area contributed by atoms with Crippen LogP contribution in [-0.2, 0) is 19.1 Å². The van der Waals surface area contributed by atoms with Crippen LogP contribution in [0, 0.1) is 13.8 Å². The number of carboxylic acids is 1. The zero-order chi connectivity index (χ0) is 26.2. The van der Waals surface area contributed by atoms with Crippen molar-refractivity contribution in [2.24, 2.45) is 0 Å². The second kappa shape index (κ2) is 11.5. The maximum absolute atomic E-state index is 12.9. The first kappa shape index (κ1) is 25.7. The Kier molecular flexibility index (Phi) is 8.18. The highest BCUT2D eigenvalue weighted by molar-refractivity contribution is 5.98. The lowest BCUT2D eigenvalue weighted by molar-refractivity contribution is -0.159. The average Bonchev–Trinajstić information content (AvgIpc) is 3.40. The predicted octanol–water partition coefficient (Wildman–Crippen LogP) is 2.19. The third kappa shape index (κ3) is 6.56. The van der Waals surface area contributed by atoms with Gasteiger partial charge in [-0.1, -0.05) is 35.4 Å². The molecule has 3 rings (SSSR count). The fourth-order valence-corrected chi connectivity index (χ4v) is 2.90. The van der Waals surface area contributed by atoms with Crippen molar-refractivity contribution in [1.29, 1.82) is 0 Å². The molecule has 3 aromatic rings. The van der Waals surface area contributed by atoms with Gasteiger partial charge in [0.1, 0.15) is 0 Å². The molecule has 0 spiro atoms. The van der Waals surface area contributed by atoms with Gasteiger partial charge in [-0.3, -0.25) is 20.4 Å². The summed E-state index contributed by atoms with van der Waals surface area (Å²) < 4.78 is 15.1. The molecule has 186 valence electrons. The van der Waals surface area contributed by atoms with Gasteiger partial charge >= 0.3 is 23.8 Å². The van der Waals surface area contributed by atoms with Crippen LogP contribution in [0.2, 0.25) is 0 Å². The van der Waals surface area contributed by atoms with E-state index in [1.807, 2.05) is 10.9 Å². The van der Waals surface area contributed by atoms with Crippen LogP contribution < -0.4 is 10.9 Å². The van der Waals surface area contributed by atoms with Gasteiger partial charge in [0.2, 0.25) is 12.2 Å². The van der Waals surface area contributed by atoms with Gasteiger partial charge in [0, 0.05) is 0 Å². The van der Waals surface area contributed by atoms with Crippen LogP contribution in [-0.4, -0.2) is 47.0 Å². The van der Waals surface area contributed by atoms with Crippen molar-refractivity contribution >= 4 is 29.7 Å². The number of carbonyl (C=O) groups excluding carboxylic acids is 4. The van der Waals surface area contributed by atoms with Gasteiger partial charge in [0.25, 0.3) is 5.91 Å². The summed E-state index contributed by atoms with van der Waals surface area (Å²) in [5, 5.41) is 9.73. The zero-order valence-electron chi connectivity index (χ0n) is 19.2. The van der Waals surface area contributed by atoms with Gasteiger partial charge in [-0.25, -0.2) is 14.4 Å². The number of hydrogen-bond acceptors (Lipinski definition) is 8. The summed E-state index contributed by atoms with van der Waals surface area (Å²) in [7, 11) is 0. The number of rotatable bonds is 8. The van der Waals surface area contributed by atoms with Crippen LogP contribution in [0.4, 0.5) is 0 Å². The molecule has 0 bridgehead atoms. The van der Waals surface area contributed by atoms with Gasteiger partial charge < -0.3 is 19.0 Å². The standard InChI is InChI=1S/C25H22N2O9/c1-14-5-9-16(10-6-14)24(32)35-19(22(29)27-26-21(28)18-4-3-13-34-18)20(23(30)31)36-25(33)17-11-7-15(2)8-12-17/h3-13,19-20H,1-2H3,(H,26,28)(H,27,29)(H,30,31)/t19-,20+/m1/s1. The van der Waals surface area contributed by atoms with E-state index in [0.717, 1.165) is 11.1 Å². The summed E-state index contributed by atoms with van der Waals surface area (Å²) in [6.07, 6.45) is -3.18. The lowest BCUT2D eigenvalue weighted by atomic mass is 10.1. The summed E-state index contributed by atoms with van der Waals surface area (Å²) in [6.45, 7) is 3.58. The molecule has 0 saturated heterocycles. The molecule has 0 unspecified atom stereocenters. The summed E-state index contributed by atoms with van der Waals surface area (Å²) in [5.41, 5.74) is 5.70. The van der Waals surface area contributed by atoms with Gasteiger partial charge in [-0.15, -0.1) is 0 Å². The molecule has 11 heteroatoms. The topological polar surface area (TPSA) is 161 Å². The number of hydrogen-bond donors (Lipinski definition) is 3. The molecule has 2 amide bonds. The number of hydrazine groups is 1. The normalized spacial score (nSPS) is 12.1. The highest BCUT2D eigenvalue weighted by Crippen LogP contribution is 2.14. The number of carbonyl (C=O) groups is 5. The average molecular weight is 494 g/mol. The van der Waals surface area contributed by atoms with E-state index >= 15 is 0 Å². The molecule has 1 aromatic heterocycles. The number of amides is 2. The highest BCUT2D eigenvalue weighted by atomic mass is 16.6. The van der Waals surface area contributed by atoms with Crippen molar-refractivity contribution in [2.75, 3.05) is 0 Å². The Morgan fingerprint density at radius 1 is 0.750 bits per heavy atom. The number of carboxylic acid groups (broad SMARTS) is 1. The van der Waals surface area contributed by atoms with Crippen LogP contribution >= 0.6 is 0 Å². The smallest absolute Gasteiger partial charge is 0.349 e. The molecule has 0 saturated carbocycles. The van der Waals surface area contributed by atoms with E-state index in [-0.39, 0.29) is 16.9 Å². The quantitative estimate of drug-likeness (QED) is 0.315. The summed E-state index contributed by atoms with van der Waals surface area (Å²) in [6, 6.07) is 14.9. The molecule has 0 aliphatic carbocycles. The third-order valence-electron chi connectivity index (χ3n) is 4.86. The first-order chi connectivity index (χ1) is 17.2. The van der Waals surface area contributed by atoms with Crippen molar-refractivity contribution in [3.8, 4) is 0 Å². The monoisotopic (exact) mass is 494 g/mol.